The number of ether oxygens (including phenoxy) is 1. The van der Waals surface area contributed by atoms with Crippen molar-refractivity contribution in [3.05, 3.63) is 71.5 Å². The van der Waals surface area contributed by atoms with Gasteiger partial charge in [-0.2, -0.15) is 0 Å². The summed E-state index contributed by atoms with van der Waals surface area (Å²) < 4.78 is 5.55. The Morgan fingerprint density at radius 3 is 2.52 bits per heavy atom. The number of aryl methyl sites for hydroxylation is 1. The van der Waals surface area contributed by atoms with E-state index in [2.05, 4.69) is 29.0 Å². The molecule has 1 aromatic heterocycles. The highest BCUT2D eigenvalue weighted by Gasteiger charge is 2.49. The van der Waals surface area contributed by atoms with Crippen molar-refractivity contribution in [2.75, 3.05) is 38.3 Å². The van der Waals surface area contributed by atoms with E-state index in [1.165, 1.54) is 10.5 Å². The number of nitrogens with zero attached hydrogens (tertiary/aromatic N) is 4. The third-order valence-electron chi connectivity index (χ3n) is 6.30. The van der Waals surface area contributed by atoms with Crippen molar-refractivity contribution >= 4 is 23.5 Å². The first-order chi connectivity index (χ1) is 15.9. The number of amides is 2. The SMILES string of the molecule is Cc1cccc(-c2cnc(N3CC4(COC4)c4ccc(C(=O)N(C)CC(N)=O)cc43)nc2)c1. The molecule has 2 N–H and O–H groups in total. The van der Waals surface area contributed by atoms with Crippen LogP contribution in [0, 0.1) is 6.92 Å². The number of primary amides is 1. The van der Waals surface area contributed by atoms with Gasteiger partial charge in [0.05, 0.1) is 25.2 Å². The number of hydrogen-bond donors (Lipinski definition) is 1. The summed E-state index contributed by atoms with van der Waals surface area (Å²) in [6.45, 7) is 3.83. The zero-order chi connectivity index (χ0) is 23.2. The monoisotopic (exact) mass is 443 g/mol. The van der Waals surface area contributed by atoms with Gasteiger partial charge in [0.25, 0.3) is 5.91 Å². The van der Waals surface area contributed by atoms with E-state index in [0.717, 1.165) is 22.4 Å². The van der Waals surface area contributed by atoms with E-state index in [1.807, 2.05) is 41.6 Å². The van der Waals surface area contributed by atoms with Crippen molar-refractivity contribution in [2.45, 2.75) is 12.3 Å². The molecule has 2 aromatic carbocycles. The Morgan fingerprint density at radius 2 is 1.88 bits per heavy atom. The molecule has 1 saturated heterocycles. The fourth-order valence-electron chi connectivity index (χ4n) is 4.54. The molecule has 168 valence electrons. The lowest BCUT2D eigenvalue weighted by atomic mass is 9.80. The summed E-state index contributed by atoms with van der Waals surface area (Å²) in [5, 5.41) is 0. The van der Waals surface area contributed by atoms with Gasteiger partial charge in [0.2, 0.25) is 11.9 Å². The van der Waals surface area contributed by atoms with Crippen molar-refractivity contribution in [3.8, 4) is 11.1 Å². The molecule has 8 nitrogen and oxygen atoms in total. The predicted octanol–water partition coefficient (Wildman–Crippen LogP) is 2.43. The molecule has 0 bridgehead atoms. The molecule has 33 heavy (non-hydrogen) atoms. The number of carbonyl (C=O) groups is 2. The number of likely N-dealkylation sites (N-methyl/N-ethyl adjacent to an activating group) is 1. The molecule has 5 rings (SSSR count). The smallest absolute Gasteiger partial charge is 0.254 e. The van der Waals surface area contributed by atoms with Gasteiger partial charge in [-0.25, -0.2) is 9.97 Å². The zero-order valence-corrected chi connectivity index (χ0v) is 18.6. The summed E-state index contributed by atoms with van der Waals surface area (Å²) in [4.78, 5) is 36.8. The van der Waals surface area contributed by atoms with Crippen molar-refractivity contribution in [1.29, 1.82) is 0 Å². The second-order valence-electron chi connectivity index (χ2n) is 8.86. The molecule has 1 spiro atoms. The van der Waals surface area contributed by atoms with Gasteiger partial charge in [-0.05, 0) is 30.2 Å². The number of fused-ring (bicyclic) bond motifs is 2. The van der Waals surface area contributed by atoms with Crippen molar-refractivity contribution < 1.29 is 14.3 Å². The van der Waals surface area contributed by atoms with E-state index in [-0.39, 0.29) is 17.9 Å². The summed E-state index contributed by atoms with van der Waals surface area (Å²) >= 11 is 0. The second-order valence-corrected chi connectivity index (χ2v) is 8.86. The molecular formula is C25H25N5O3. The summed E-state index contributed by atoms with van der Waals surface area (Å²) in [6.07, 6.45) is 3.66. The Morgan fingerprint density at radius 1 is 1.12 bits per heavy atom. The normalized spacial score (nSPS) is 15.8. The van der Waals surface area contributed by atoms with Crippen LogP contribution in [-0.2, 0) is 14.9 Å². The molecule has 1 fully saturated rings. The molecule has 0 aliphatic carbocycles. The Kier molecular flexibility index (Phi) is 5.09. The molecule has 3 heterocycles. The van der Waals surface area contributed by atoms with E-state index in [4.69, 9.17) is 10.5 Å². The van der Waals surface area contributed by atoms with Crippen LogP contribution in [0.5, 0.6) is 0 Å². The van der Waals surface area contributed by atoms with E-state index < -0.39 is 5.91 Å². The minimum Gasteiger partial charge on any atom is -0.379 e. The molecule has 2 aliphatic heterocycles. The molecule has 2 amide bonds. The predicted molar refractivity (Wildman–Crippen MR) is 124 cm³/mol. The molecule has 3 aromatic rings. The number of nitrogens with two attached hydrogens (primary N) is 1. The number of aromatic nitrogens is 2. The van der Waals surface area contributed by atoms with Gasteiger partial charge in [-0.15, -0.1) is 0 Å². The van der Waals surface area contributed by atoms with Gasteiger partial charge in [0.15, 0.2) is 0 Å². The number of rotatable bonds is 5. The van der Waals surface area contributed by atoms with E-state index in [0.29, 0.717) is 31.3 Å². The van der Waals surface area contributed by atoms with Gasteiger partial charge < -0.3 is 20.3 Å². The highest BCUT2D eigenvalue weighted by molar-refractivity contribution is 5.97. The quantitative estimate of drug-likeness (QED) is 0.650. The number of anilines is 2. The lowest BCUT2D eigenvalue weighted by Gasteiger charge is -2.38. The van der Waals surface area contributed by atoms with Crippen molar-refractivity contribution in [2.24, 2.45) is 5.73 Å². The highest BCUT2D eigenvalue weighted by atomic mass is 16.5. The average molecular weight is 444 g/mol. The van der Waals surface area contributed by atoms with Crippen LogP contribution in [0.15, 0.2) is 54.9 Å². The van der Waals surface area contributed by atoms with Crippen LogP contribution in [0.25, 0.3) is 11.1 Å². The van der Waals surface area contributed by atoms with Gasteiger partial charge in [-0.3, -0.25) is 9.59 Å². The van der Waals surface area contributed by atoms with E-state index in [9.17, 15) is 9.59 Å². The van der Waals surface area contributed by atoms with Crippen molar-refractivity contribution in [3.63, 3.8) is 0 Å². The Labute approximate surface area is 192 Å². The van der Waals surface area contributed by atoms with E-state index in [1.54, 1.807) is 13.1 Å². The van der Waals surface area contributed by atoms with Crippen LogP contribution in [0.3, 0.4) is 0 Å². The first-order valence-corrected chi connectivity index (χ1v) is 10.8. The van der Waals surface area contributed by atoms with Crippen LogP contribution in [0.1, 0.15) is 21.5 Å². The third kappa shape index (κ3) is 3.72. The maximum Gasteiger partial charge on any atom is 0.254 e. The summed E-state index contributed by atoms with van der Waals surface area (Å²) in [5.74, 6) is -0.245. The van der Waals surface area contributed by atoms with Crippen LogP contribution < -0.4 is 10.6 Å². The number of benzene rings is 2. The van der Waals surface area contributed by atoms with Crippen LogP contribution in [0.2, 0.25) is 0 Å². The lowest BCUT2D eigenvalue weighted by molar-refractivity contribution is -0.118. The summed E-state index contributed by atoms with van der Waals surface area (Å²) in [7, 11) is 1.56. The van der Waals surface area contributed by atoms with Gasteiger partial charge in [0.1, 0.15) is 0 Å². The highest BCUT2D eigenvalue weighted by Crippen LogP contribution is 2.47. The molecular weight excluding hydrogens is 418 g/mol. The first kappa shape index (κ1) is 21.1. The Bertz CT molecular complexity index is 1240. The Hall–Kier alpha value is -3.78. The molecule has 0 unspecified atom stereocenters. The molecule has 8 heteroatoms. The zero-order valence-electron chi connectivity index (χ0n) is 18.6. The third-order valence-corrected chi connectivity index (χ3v) is 6.30. The maximum absolute atomic E-state index is 12.8. The fourth-order valence-corrected chi connectivity index (χ4v) is 4.54. The van der Waals surface area contributed by atoms with Crippen LogP contribution in [-0.4, -0.2) is 60.0 Å². The average Bonchev–Trinajstić information content (AvgIpc) is 3.13. The van der Waals surface area contributed by atoms with E-state index >= 15 is 0 Å². The minimum absolute atomic E-state index is 0.130. The topological polar surface area (TPSA) is 102 Å². The fraction of sp³-hybridized carbons (Fsp3) is 0.280. The van der Waals surface area contributed by atoms with Crippen LogP contribution >= 0.6 is 0 Å². The van der Waals surface area contributed by atoms with Crippen LogP contribution in [0.4, 0.5) is 11.6 Å². The van der Waals surface area contributed by atoms with Crippen molar-refractivity contribution in [1.82, 2.24) is 14.9 Å². The molecule has 0 atom stereocenters. The first-order valence-electron chi connectivity index (χ1n) is 10.8. The van der Waals surface area contributed by atoms with Gasteiger partial charge >= 0.3 is 0 Å². The summed E-state index contributed by atoms with van der Waals surface area (Å²) in [6, 6.07) is 13.8. The largest absolute Gasteiger partial charge is 0.379 e. The number of carbonyl (C=O) groups excluding carboxylic acids is 2. The maximum atomic E-state index is 12.8. The molecule has 0 radical (unpaired) electrons. The molecule has 2 aliphatic rings. The lowest BCUT2D eigenvalue weighted by Crippen LogP contribution is -2.49. The Balaban J connectivity index is 1.49. The number of hydrogen-bond acceptors (Lipinski definition) is 6. The summed E-state index contributed by atoms with van der Waals surface area (Å²) in [5.41, 5.74) is 10.8. The van der Waals surface area contributed by atoms with Gasteiger partial charge in [0, 0.05) is 42.8 Å². The minimum atomic E-state index is -0.554. The standard InChI is InChI=1S/C25H25N5O3/c1-16-4-3-5-17(8-16)19-10-27-24(28-11-19)30-13-25(14-33-15-25)20-7-6-18(9-21(20)30)23(32)29(2)12-22(26)31/h3-11H,12-15H2,1-2H3,(H2,26,31). The second kappa shape index (κ2) is 7.97. The molecule has 0 saturated carbocycles. The van der Waals surface area contributed by atoms with Gasteiger partial charge in [-0.1, -0.05) is 35.9 Å².